The number of anilines is 3. The van der Waals surface area contributed by atoms with E-state index in [1.165, 1.54) is 75.5 Å². The zero-order valence-corrected chi connectivity index (χ0v) is 29.4. The van der Waals surface area contributed by atoms with Crippen LogP contribution in [0.15, 0.2) is 176 Å². The van der Waals surface area contributed by atoms with Crippen LogP contribution in [0.25, 0.3) is 64.3 Å². The van der Waals surface area contributed by atoms with E-state index >= 15 is 0 Å². The average molecular weight is 670 g/mol. The first-order valence-electron chi connectivity index (χ1n) is 17.7. The van der Waals surface area contributed by atoms with E-state index in [9.17, 15) is 0 Å². The van der Waals surface area contributed by atoms with Gasteiger partial charge in [0.15, 0.2) is 0 Å². The minimum Gasteiger partial charge on any atom is -0.310 e. The molecule has 8 aromatic carbocycles. The van der Waals surface area contributed by atoms with Crippen molar-refractivity contribution in [2.24, 2.45) is 0 Å². The summed E-state index contributed by atoms with van der Waals surface area (Å²) in [5.74, 6) is 0. The molecule has 0 saturated heterocycles. The molecule has 0 unspecified atom stereocenters. The van der Waals surface area contributed by atoms with E-state index in [2.05, 4.69) is 195 Å². The van der Waals surface area contributed by atoms with Crippen molar-refractivity contribution in [3.63, 3.8) is 0 Å². The first-order valence-corrected chi connectivity index (χ1v) is 18.5. The van der Waals surface area contributed by atoms with Crippen LogP contribution >= 0.6 is 11.3 Å². The van der Waals surface area contributed by atoms with E-state index in [-0.39, 0.29) is 5.41 Å². The highest BCUT2D eigenvalue weighted by Crippen LogP contribution is 2.51. The van der Waals surface area contributed by atoms with Gasteiger partial charge in [0.25, 0.3) is 0 Å². The number of hydrogen-bond donors (Lipinski definition) is 0. The Kier molecular flexibility index (Phi) is 6.78. The molecule has 10 rings (SSSR count). The molecule has 9 aromatic rings. The predicted octanol–water partition coefficient (Wildman–Crippen LogP) is 14.3. The fraction of sp³-hybridized carbons (Fsp3) is 0.0612. The molecule has 0 saturated carbocycles. The highest BCUT2D eigenvalue weighted by atomic mass is 32.1. The third-order valence-electron chi connectivity index (χ3n) is 10.9. The van der Waals surface area contributed by atoms with Crippen molar-refractivity contribution in [1.29, 1.82) is 0 Å². The molecule has 0 aliphatic heterocycles. The lowest BCUT2D eigenvalue weighted by Gasteiger charge is -2.28. The molecule has 0 radical (unpaired) electrons. The second kappa shape index (κ2) is 11.6. The average Bonchev–Trinajstić information content (AvgIpc) is 3.68. The number of benzene rings is 8. The molecule has 1 aliphatic rings. The van der Waals surface area contributed by atoms with Gasteiger partial charge in [-0.1, -0.05) is 141 Å². The van der Waals surface area contributed by atoms with Gasteiger partial charge in [0.2, 0.25) is 0 Å². The first kappa shape index (κ1) is 29.9. The summed E-state index contributed by atoms with van der Waals surface area (Å²) in [5.41, 5.74) is 13.6. The summed E-state index contributed by atoms with van der Waals surface area (Å²) < 4.78 is 2.66. The lowest BCUT2D eigenvalue weighted by molar-refractivity contribution is 0.660. The Bertz CT molecular complexity index is 2770. The molecule has 1 heterocycles. The number of fused-ring (bicyclic) bond motifs is 8. The van der Waals surface area contributed by atoms with Gasteiger partial charge in [-0.15, -0.1) is 11.3 Å². The van der Waals surface area contributed by atoms with Crippen LogP contribution < -0.4 is 4.90 Å². The van der Waals surface area contributed by atoms with Crippen LogP contribution in [0.5, 0.6) is 0 Å². The molecule has 242 valence electrons. The minimum atomic E-state index is -0.0930. The molecule has 2 heteroatoms. The number of thiophene rings is 1. The van der Waals surface area contributed by atoms with Gasteiger partial charge in [-0.3, -0.25) is 0 Å². The Hall–Kier alpha value is -5.96. The van der Waals surface area contributed by atoms with E-state index < -0.39 is 0 Å². The maximum absolute atomic E-state index is 2.43. The highest BCUT2D eigenvalue weighted by molar-refractivity contribution is 7.26. The van der Waals surface area contributed by atoms with Gasteiger partial charge in [-0.25, -0.2) is 0 Å². The zero-order chi connectivity index (χ0) is 34.1. The fourth-order valence-electron chi connectivity index (χ4n) is 8.36. The Balaban J connectivity index is 1.16. The third-order valence-corrected chi connectivity index (χ3v) is 12.0. The normalized spacial score (nSPS) is 13.1. The van der Waals surface area contributed by atoms with Crippen LogP contribution in [0, 0.1) is 0 Å². The Morgan fingerprint density at radius 2 is 1.08 bits per heavy atom. The molecule has 0 N–H and O–H groups in total. The van der Waals surface area contributed by atoms with Crippen LogP contribution in [0.2, 0.25) is 0 Å². The van der Waals surface area contributed by atoms with Crippen molar-refractivity contribution in [3.8, 4) is 33.4 Å². The molecular weight excluding hydrogens is 635 g/mol. The zero-order valence-electron chi connectivity index (χ0n) is 28.6. The number of nitrogens with zero attached hydrogens (tertiary/aromatic N) is 1. The summed E-state index contributed by atoms with van der Waals surface area (Å²) in [7, 11) is 0. The van der Waals surface area contributed by atoms with Gasteiger partial charge < -0.3 is 4.90 Å². The lowest BCUT2D eigenvalue weighted by Crippen LogP contribution is -2.16. The molecular formula is C49H35NS. The van der Waals surface area contributed by atoms with E-state index in [0.717, 1.165) is 17.1 Å². The minimum absolute atomic E-state index is 0.0930. The first-order chi connectivity index (χ1) is 25.0. The monoisotopic (exact) mass is 669 g/mol. The van der Waals surface area contributed by atoms with Gasteiger partial charge in [-0.2, -0.15) is 0 Å². The van der Waals surface area contributed by atoms with Gasteiger partial charge >= 0.3 is 0 Å². The van der Waals surface area contributed by atoms with Crippen LogP contribution in [0.3, 0.4) is 0 Å². The summed E-state index contributed by atoms with van der Waals surface area (Å²) in [6, 6.07) is 64.8. The maximum Gasteiger partial charge on any atom is 0.0467 e. The topological polar surface area (TPSA) is 3.24 Å². The molecule has 1 nitrogen and oxygen atoms in total. The van der Waals surface area contributed by atoms with Crippen molar-refractivity contribution in [2.75, 3.05) is 4.90 Å². The van der Waals surface area contributed by atoms with Crippen LogP contribution in [-0.2, 0) is 5.41 Å². The van der Waals surface area contributed by atoms with Crippen molar-refractivity contribution in [3.05, 3.63) is 187 Å². The second-order valence-electron chi connectivity index (χ2n) is 14.1. The van der Waals surface area contributed by atoms with Crippen LogP contribution in [-0.4, -0.2) is 0 Å². The molecule has 51 heavy (non-hydrogen) atoms. The summed E-state index contributed by atoms with van der Waals surface area (Å²) in [6.07, 6.45) is 0. The van der Waals surface area contributed by atoms with Gasteiger partial charge in [0.05, 0.1) is 0 Å². The molecule has 0 atom stereocenters. The number of hydrogen-bond acceptors (Lipinski definition) is 2. The van der Waals surface area contributed by atoms with E-state index in [0.29, 0.717) is 0 Å². The molecule has 0 fully saturated rings. The second-order valence-corrected chi connectivity index (χ2v) is 15.2. The summed E-state index contributed by atoms with van der Waals surface area (Å²) in [4.78, 5) is 2.43. The predicted molar refractivity (Wildman–Crippen MR) is 220 cm³/mol. The molecule has 0 bridgehead atoms. The van der Waals surface area contributed by atoms with Gasteiger partial charge in [0, 0.05) is 42.6 Å². The molecule has 0 spiro atoms. The van der Waals surface area contributed by atoms with Crippen LogP contribution in [0.4, 0.5) is 17.1 Å². The van der Waals surface area contributed by atoms with Crippen molar-refractivity contribution < 1.29 is 0 Å². The van der Waals surface area contributed by atoms with Crippen molar-refractivity contribution in [2.45, 2.75) is 19.3 Å². The summed E-state index contributed by atoms with van der Waals surface area (Å²) in [6.45, 7) is 4.72. The SMILES string of the molecule is CC1(C)c2ccccc2-c2ccc(N(c3ccc(-c4ccccc4)cc3)c3cccc(-c4cccc5ccc6sc7ccccc7c6c45)c3)cc21. The maximum atomic E-state index is 2.43. The number of rotatable bonds is 5. The van der Waals surface area contributed by atoms with Gasteiger partial charge in [-0.05, 0) is 104 Å². The Labute approximate surface area is 302 Å². The fourth-order valence-corrected chi connectivity index (χ4v) is 9.47. The summed E-state index contributed by atoms with van der Waals surface area (Å²) >= 11 is 1.88. The molecule has 1 aliphatic carbocycles. The summed E-state index contributed by atoms with van der Waals surface area (Å²) in [5, 5.41) is 5.26. The largest absolute Gasteiger partial charge is 0.310 e. The van der Waals surface area contributed by atoms with Gasteiger partial charge in [0.1, 0.15) is 0 Å². The van der Waals surface area contributed by atoms with E-state index in [4.69, 9.17) is 0 Å². The standard InChI is InChI=1S/C49H35NS/c1-49(2)43-20-8-6-17-40(43)41-28-27-38(31-44(41)49)50(36-25-22-33(23-26-36)32-12-4-3-5-13-32)37-16-10-15-35(30-37)39-19-11-14-34-24-29-46-48(47(34)39)42-18-7-9-21-45(42)51-46/h3-31H,1-2H3. The molecule has 0 amide bonds. The van der Waals surface area contributed by atoms with Crippen molar-refractivity contribution >= 4 is 59.3 Å². The Morgan fingerprint density at radius 1 is 0.412 bits per heavy atom. The van der Waals surface area contributed by atoms with E-state index in [1.54, 1.807) is 0 Å². The Morgan fingerprint density at radius 3 is 1.96 bits per heavy atom. The third kappa shape index (κ3) is 4.75. The quantitative estimate of drug-likeness (QED) is 0.176. The lowest BCUT2D eigenvalue weighted by atomic mass is 9.82. The van der Waals surface area contributed by atoms with Crippen molar-refractivity contribution in [1.82, 2.24) is 0 Å². The molecule has 1 aromatic heterocycles. The highest BCUT2D eigenvalue weighted by Gasteiger charge is 2.35. The van der Waals surface area contributed by atoms with Crippen LogP contribution in [0.1, 0.15) is 25.0 Å². The smallest absolute Gasteiger partial charge is 0.0467 e. The van der Waals surface area contributed by atoms with E-state index in [1.807, 2.05) is 11.3 Å².